The molecule has 3 aliphatic heterocycles. The van der Waals surface area contributed by atoms with Gasteiger partial charge in [0.2, 0.25) is 5.91 Å². The number of hydrogen-bond acceptors (Lipinski definition) is 4. The summed E-state index contributed by atoms with van der Waals surface area (Å²) in [5, 5.41) is 6.10. The summed E-state index contributed by atoms with van der Waals surface area (Å²) in [6, 6.07) is 8.81. The van der Waals surface area contributed by atoms with Gasteiger partial charge in [-0.25, -0.2) is 0 Å². The molecule has 2 saturated heterocycles. The predicted molar refractivity (Wildman–Crippen MR) is 119 cm³/mol. The summed E-state index contributed by atoms with van der Waals surface area (Å²) in [4.78, 5) is 27.7. The Labute approximate surface area is 182 Å². The zero-order valence-electron chi connectivity index (χ0n) is 18.6. The van der Waals surface area contributed by atoms with E-state index in [4.69, 9.17) is 4.74 Å². The van der Waals surface area contributed by atoms with Crippen molar-refractivity contribution in [1.29, 1.82) is 0 Å². The second-order valence-corrected chi connectivity index (χ2v) is 9.62. The molecular weight excluding hydrogens is 392 g/mol. The minimum atomic E-state index is -0.576. The predicted octanol–water partition coefficient (Wildman–Crippen LogP) is 3.42. The van der Waals surface area contributed by atoms with Crippen molar-refractivity contribution in [3.63, 3.8) is 0 Å². The number of ether oxygens (including phenoxy) is 1. The highest BCUT2D eigenvalue weighted by molar-refractivity contribution is 6.01. The van der Waals surface area contributed by atoms with Gasteiger partial charge in [-0.3, -0.25) is 9.59 Å². The summed E-state index contributed by atoms with van der Waals surface area (Å²) in [6.07, 6.45) is 6.32. The van der Waals surface area contributed by atoms with Crippen LogP contribution >= 0.6 is 0 Å². The Kier molecular flexibility index (Phi) is 4.62. The van der Waals surface area contributed by atoms with Crippen LogP contribution in [0.25, 0.3) is 5.69 Å². The van der Waals surface area contributed by atoms with Crippen molar-refractivity contribution in [2.75, 3.05) is 12.4 Å². The van der Waals surface area contributed by atoms with Gasteiger partial charge in [-0.2, -0.15) is 0 Å². The lowest BCUT2D eigenvalue weighted by molar-refractivity contribution is -0.114. The first-order valence-corrected chi connectivity index (χ1v) is 11.1. The fourth-order valence-corrected chi connectivity index (χ4v) is 5.53. The molecular formula is C24H30N4O3. The SMILES string of the molecule is CC(=O)Nc1cc(C(=O)NC2C[C@H]3CC[C@@H](C2)N3C)c2c(c1)-n1cccc1C(C)(C)O2. The molecule has 2 bridgehead atoms. The highest BCUT2D eigenvalue weighted by Crippen LogP contribution is 2.43. The van der Waals surface area contributed by atoms with Gasteiger partial charge >= 0.3 is 0 Å². The molecule has 7 nitrogen and oxygen atoms in total. The zero-order chi connectivity index (χ0) is 21.9. The molecule has 3 aliphatic rings. The molecule has 31 heavy (non-hydrogen) atoms. The molecule has 0 radical (unpaired) electrons. The standard InChI is InChI=1S/C24H30N4O3/c1-14(29)25-16-12-19(23(30)26-15-10-17-7-8-18(11-15)27(17)4)22-20(13-16)28-9-5-6-21(28)24(2,3)31-22/h5-6,9,12-13,15,17-18H,7-8,10-11H2,1-4H3,(H,25,29)(H,26,30)/t15?,17-,18+. The summed E-state index contributed by atoms with van der Waals surface area (Å²) >= 11 is 0. The van der Waals surface area contributed by atoms with E-state index in [0.29, 0.717) is 29.1 Å². The lowest BCUT2D eigenvalue weighted by atomic mass is 9.97. The van der Waals surface area contributed by atoms with Gasteiger partial charge in [0.1, 0.15) is 5.60 Å². The molecule has 0 aliphatic carbocycles. The average Bonchev–Trinajstić information content (AvgIpc) is 3.25. The smallest absolute Gasteiger partial charge is 0.255 e. The van der Waals surface area contributed by atoms with Crippen molar-refractivity contribution in [3.05, 3.63) is 41.7 Å². The van der Waals surface area contributed by atoms with Gasteiger partial charge < -0.3 is 24.8 Å². The van der Waals surface area contributed by atoms with Crippen LogP contribution in [0.5, 0.6) is 5.75 Å². The molecule has 3 atom stereocenters. The number of rotatable bonds is 3. The fourth-order valence-electron chi connectivity index (χ4n) is 5.53. The van der Waals surface area contributed by atoms with Crippen molar-refractivity contribution >= 4 is 17.5 Å². The number of nitrogens with one attached hydrogen (secondary N) is 2. The minimum absolute atomic E-state index is 0.149. The second-order valence-electron chi connectivity index (χ2n) is 9.62. The molecule has 1 aromatic carbocycles. The van der Waals surface area contributed by atoms with E-state index in [2.05, 4.69) is 22.6 Å². The van der Waals surface area contributed by atoms with Gasteiger partial charge in [0.15, 0.2) is 5.75 Å². The second kappa shape index (κ2) is 7.12. The molecule has 1 unspecified atom stereocenters. The third kappa shape index (κ3) is 3.41. The van der Waals surface area contributed by atoms with Crippen molar-refractivity contribution in [2.45, 2.75) is 70.2 Å². The van der Waals surface area contributed by atoms with E-state index in [1.54, 1.807) is 6.07 Å². The highest BCUT2D eigenvalue weighted by atomic mass is 16.5. The first-order valence-electron chi connectivity index (χ1n) is 11.1. The Morgan fingerprint density at radius 1 is 1.16 bits per heavy atom. The number of carbonyl (C=O) groups is 2. The third-order valence-corrected chi connectivity index (χ3v) is 7.05. The van der Waals surface area contributed by atoms with Crippen LogP contribution in [0, 0.1) is 0 Å². The molecule has 7 heteroatoms. The maximum atomic E-state index is 13.5. The van der Waals surface area contributed by atoms with E-state index in [9.17, 15) is 9.59 Å². The zero-order valence-corrected chi connectivity index (χ0v) is 18.6. The molecule has 0 spiro atoms. The summed E-state index contributed by atoms with van der Waals surface area (Å²) in [7, 11) is 2.19. The third-order valence-electron chi connectivity index (χ3n) is 7.05. The summed E-state index contributed by atoms with van der Waals surface area (Å²) in [5.74, 6) is 0.225. The van der Waals surface area contributed by atoms with Gasteiger partial charge in [0, 0.05) is 36.9 Å². The van der Waals surface area contributed by atoms with Crippen molar-refractivity contribution in [2.24, 2.45) is 0 Å². The van der Waals surface area contributed by atoms with Gasteiger partial charge in [0.05, 0.1) is 16.9 Å². The topological polar surface area (TPSA) is 75.6 Å². The Bertz CT molecular complexity index is 1040. The molecule has 2 aromatic rings. The lowest BCUT2D eigenvalue weighted by Crippen LogP contribution is -2.48. The van der Waals surface area contributed by atoms with Crippen LogP contribution in [-0.2, 0) is 10.4 Å². The molecule has 2 N–H and O–H groups in total. The molecule has 2 fully saturated rings. The lowest BCUT2D eigenvalue weighted by Gasteiger charge is -2.37. The van der Waals surface area contributed by atoms with Gasteiger partial charge in [-0.15, -0.1) is 0 Å². The van der Waals surface area contributed by atoms with Crippen molar-refractivity contribution in [1.82, 2.24) is 14.8 Å². The fraction of sp³-hybridized carbons (Fsp3) is 0.500. The normalized spacial score (nSPS) is 25.9. The number of benzene rings is 1. The number of carbonyl (C=O) groups excluding carboxylic acids is 2. The Hall–Kier alpha value is -2.80. The van der Waals surface area contributed by atoms with Gasteiger partial charge in [0.25, 0.3) is 5.91 Å². The maximum absolute atomic E-state index is 13.5. The monoisotopic (exact) mass is 422 g/mol. The minimum Gasteiger partial charge on any atom is -0.479 e. The summed E-state index contributed by atoms with van der Waals surface area (Å²) < 4.78 is 8.41. The van der Waals surface area contributed by atoms with Gasteiger partial charge in [-0.1, -0.05) is 0 Å². The van der Waals surface area contributed by atoms with Crippen LogP contribution in [0.15, 0.2) is 30.5 Å². The summed E-state index contributed by atoms with van der Waals surface area (Å²) in [5.41, 5.74) is 2.23. The van der Waals surface area contributed by atoms with Gasteiger partial charge in [-0.05, 0) is 70.8 Å². The van der Waals surface area contributed by atoms with Crippen LogP contribution in [0.4, 0.5) is 5.69 Å². The Morgan fingerprint density at radius 3 is 2.55 bits per heavy atom. The van der Waals surface area contributed by atoms with Crippen LogP contribution in [0.1, 0.15) is 62.5 Å². The van der Waals surface area contributed by atoms with E-state index in [0.717, 1.165) is 24.2 Å². The van der Waals surface area contributed by atoms with Crippen LogP contribution in [0.2, 0.25) is 0 Å². The number of piperidine rings is 1. The number of hydrogen-bond donors (Lipinski definition) is 2. The summed E-state index contributed by atoms with van der Waals surface area (Å²) in [6.45, 7) is 5.47. The van der Waals surface area contributed by atoms with Crippen LogP contribution < -0.4 is 15.4 Å². The highest BCUT2D eigenvalue weighted by Gasteiger charge is 2.40. The first-order chi connectivity index (χ1) is 14.7. The number of anilines is 1. The number of aromatic nitrogens is 1. The van der Waals surface area contributed by atoms with Crippen LogP contribution in [0.3, 0.4) is 0 Å². The van der Waals surface area contributed by atoms with E-state index in [1.807, 2.05) is 42.8 Å². The van der Waals surface area contributed by atoms with E-state index in [1.165, 1.54) is 19.8 Å². The molecule has 2 amide bonds. The maximum Gasteiger partial charge on any atom is 0.255 e. The molecule has 1 aromatic heterocycles. The molecule has 5 rings (SSSR count). The number of nitrogens with zero attached hydrogens (tertiary/aromatic N) is 2. The van der Waals surface area contributed by atoms with E-state index < -0.39 is 5.60 Å². The Balaban J connectivity index is 1.52. The quantitative estimate of drug-likeness (QED) is 0.795. The number of amides is 2. The van der Waals surface area contributed by atoms with E-state index >= 15 is 0 Å². The average molecular weight is 423 g/mol. The van der Waals surface area contributed by atoms with Crippen molar-refractivity contribution in [3.8, 4) is 11.4 Å². The first kappa shape index (κ1) is 20.1. The molecule has 164 valence electrons. The van der Waals surface area contributed by atoms with Crippen molar-refractivity contribution < 1.29 is 14.3 Å². The Morgan fingerprint density at radius 2 is 1.87 bits per heavy atom. The number of fused-ring (bicyclic) bond motifs is 5. The molecule has 4 heterocycles. The van der Waals surface area contributed by atoms with E-state index in [-0.39, 0.29) is 17.9 Å². The molecule has 0 saturated carbocycles. The van der Waals surface area contributed by atoms with Crippen LogP contribution in [-0.4, -0.2) is 46.5 Å². The largest absolute Gasteiger partial charge is 0.479 e.